The Bertz CT molecular complexity index is 593. The first-order valence-corrected chi connectivity index (χ1v) is 7.75. The summed E-state index contributed by atoms with van der Waals surface area (Å²) in [4.78, 5) is 4.31. The lowest BCUT2D eigenvalue weighted by Crippen LogP contribution is -2.46. The van der Waals surface area contributed by atoms with Gasteiger partial charge in [0.1, 0.15) is 12.4 Å². The summed E-state index contributed by atoms with van der Waals surface area (Å²) in [7, 11) is 0. The van der Waals surface area contributed by atoms with Crippen molar-refractivity contribution in [2.45, 2.75) is 32.2 Å². The molecule has 3 nitrogen and oxygen atoms in total. The molecular formula is C18H22N2O. The molecule has 0 bridgehead atoms. The second kappa shape index (κ2) is 6.72. The van der Waals surface area contributed by atoms with Crippen LogP contribution in [0, 0.1) is 0 Å². The molecule has 1 aliphatic heterocycles. The summed E-state index contributed by atoms with van der Waals surface area (Å²) in [5, 5.41) is 3.34. The molecule has 2 aromatic rings. The van der Waals surface area contributed by atoms with Gasteiger partial charge in [-0.15, -0.1) is 0 Å². The van der Waals surface area contributed by atoms with Gasteiger partial charge in [0.2, 0.25) is 0 Å². The van der Waals surface area contributed by atoms with Crippen LogP contribution in [-0.2, 0) is 6.42 Å². The Hall–Kier alpha value is -1.87. The topological polar surface area (TPSA) is 34.1 Å². The number of hydrogen-bond donors (Lipinski definition) is 1. The van der Waals surface area contributed by atoms with Crippen LogP contribution in [0.2, 0.25) is 0 Å². The first-order chi connectivity index (χ1) is 10.3. The minimum Gasteiger partial charge on any atom is -0.490 e. The third-order valence-corrected chi connectivity index (χ3v) is 3.89. The van der Waals surface area contributed by atoms with E-state index in [1.807, 2.05) is 6.20 Å². The second-order valence-electron chi connectivity index (χ2n) is 5.61. The highest BCUT2D eigenvalue weighted by atomic mass is 16.5. The molecule has 1 fully saturated rings. The monoisotopic (exact) mass is 282 g/mol. The van der Waals surface area contributed by atoms with Gasteiger partial charge in [0.05, 0.1) is 6.20 Å². The molecule has 0 radical (unpaired) electrons. The number of hydrogen-bond acceptors (Lipinski definition) is 3. The van der Waals surface area contributed by atoms with Crippen LogP contribution in [0.5, 0.6) is 5.75 Å². The summed E-state index contributed by atoms with van der Waals surface area (Å²) >= 11 is 0. The molecule has 1 aliphatic rings. The molecule has 0 saturated carbocycles. The quantitative estimate of drug-likeness (QED) is 0.881. The number of benzene rings is 1. The van der Waals surface area contributed by atoms with Crippen LogP contribution >= 0.6 is 0 Å². The number of aromatic nitrogens is 1. The predicted molar refractivity (Wildman–Crippen MR) is 85.6 cm³/mol. The van der Waals surface area contributed by atoms with Crippen molar-refractivity contribution in [3.8, 4) is 16.9 Å². The van der Waals surface area contributed by atoms with E-state index in [2.05, 4.69) is 47.6 Å². The van der Waals surface area contributed by atoms with Gasteiger partial charge < -0.3 is 10.1 Å². The van der Waals surface area contributed by atoms with Gasteiger partial charge >= 0.3 is 0 Å². The van der Waals surface area contributed by atoms with Crippen LogP contribution in [0.1, 0.15) is 25.3 Å². The van der Waals surface area contributed by atoms with Crippen molar-refractivity contribution in [3.05, 3.63) is 48.3 Å². The molecule has 1 aromatic carbocycles. The Morgan fingerprint density at radius 3 is 2.90 bits per heavy atom. The smallest absolute Gasteiger partial charge is 0.138 e. The Balaban J connectivity index is 1.73. The zero-order valence-electron chi connectivity index (χ0n) is 12.5. The van der Waals surface area contributed by atoms with Crippen molar-refractivity contribution in [2.75, 3.05) is 13.2 Å². The maximum atomic E-state index is 5.82. The lowest BCUT2D eigenvalue weighted by Gasteiger charge is -2.27. The fourth-order valence-corrected chi connectivity index (χ4v) is 2.54. The van der Waals surface area contributed by atoms with Gasteiger partial charge in [0.25, 0.3) is 0 Å². The Kier molecular flexibility index (Phi) is 4.51. The highest BCUT2D eigenvalue weighted by molar-refractivity contribution is 5.64. The van der Waals surface area contributed by atoms with E-state index in [1.54, 1.807) is 6.20 Å². The van der Waals surface area contributed by atoms with E-state index in [9.17, 15) is 0 Å². The van der Waals surface area contributed by atoms with Crippen molar-refractivity contribution in [2.24, 2.45) is 0 Å². The molecule has 1 N–H and O–H groups in total. The maximum Gasteiger partial charge on any atom is 0.138 e. The second-order valence-corrected chi connectivity index (χ2v) is 5.61. The van der Waals surface area contributed by atoms with Crippen molar-refractivity contribution in [3.63, 3.8) is 0 Å². The van der Waals surface area contributed by atoms with Gasteiger partial charge in [0, 0.05) is 17.8 Å². The first kappa shape index (κ1) is 14.1. The first-order valence-electron chi connectivity index (χ1n) is 7.75. The Morgan fingerprint density at radius 1 is 1.24 bits per heavy atom. The van der Waals surface area contributed by atoms with Crippen molar-refractivity contribution < 1.29 is 4.74 Å². The van der Waals surface area contributed by atoms with Crippen LogP contribution in [0.15, 0.2) is 42.7 Å². The lowest BCUT2D eigenvalue weighted by atomic mass is 10.0. The molecule has 0 amide bonds. The number of rotatable bonds is 6. The number of ether oxygens (including phenoxy) is 1. The van der Waals surface area contributed by atoms with Gasteiger partial charge in [-0.2, -0.15) is 0 Å². The van der Waals surface area contributed by atoms with E-state index in [-0.39, 0.29) is 0 Å². The summed E-state index contributed by atoms with van der Waals surface area (Å²) in [6, 6.07) is 11.3. The van der Waals surface area contributed by atoms with Gasteiger partial charge in [0.15, 0.2) is 0 Å². The molecule has 1 unspecified atom stereocenters. The predicted octanol–water partition coefficient (Wildman–Crippen LogP) is 3.44. The average Bonchev–Trinajstić information content (AvgIpc) is 2.47. The van der Waals surface area contributed by atoms with E-state index in [0.717, 1.165) is 30.9 Å². The third-order valence-electron chi connectivity index (χ3n) is 3.89. The van der Waals surface area contributed by atoms with Crippen molar-refractivity contribution in [1.82, 2.24) is 10.3 Å². The minimum absolute atomic E-state index is 0.501. The lowest BCUT2D eigenvalue weighted by molar-refractivity contribution is 0.217. The zero-order chi connectivity index (χ0) is 14.5. The Labute approximate surface area is 126 Å². The molecule has 0 aliphatic carbocycles. The molecule has 3 heteroatoms. The summed E-state index contributed by atoms with van der Waals surface area (Å²) in [5.74, 6) is 0.849. The SMILES string of the molecule is CCCc1cccc(-c2cncc(OCC3CCN3)c2)c1. The highest BCUT2D eigenvalue weighted by Gasteiger charge is 2.16. The molecule has 2 heterocycles. The molecule has 21 heavy (non-hydrogen) atoms. The molecule has 0 spiro atoms. The summed E-state index contributed by atoms with van der Waals surface area (Å²) in [6.07, 6.45) is 7.17. The van der Waals surface area contributed by atoms with Crippen LogP contribution in [0.4, 0.5) is 0 Å². The van der Waals surface area contributed by atoms with Crippen LogP contribution in [0.25, 0.3) is 11.1 Å². The zero-order valence-corrected chi connectivity index (χ0v) is 12.5. The van der Waals surface area contributed by atoms with Gasteiger partial charge in [-0.1, -0.05) is 37.6 Å². The molecule has 3 rings (SSSR count). The van der Waals surface area contributed by atoms with Crippen LogP contribution in [-0.4, -0.2) is 24.2 Å². The normalized spacial score (nSPS) is 17.3. The third kappa shape index (κ3) is 3.61. The highest BCUT2D eigenvalue weighted by Crippen LogP contribution is 2.24. The van der Waals surface area contributed by atoms with E-state index in [1.165, 1.54) is 24.0 Å². The van der Waals surface area contributed by atoms with E-state index >= 15 is 0 Å². The number of nitrogens with one attached hydrogen (secondary N) is 1. The number of pyridine rings is 1. The van der Waals surface area contributed by atoms with Gasteiger partial charge in [-0.25, -0.2) is 0 Å². The van der Waals surface area contributed by atoms with Crippen LogP contribution < -0.4 is 10.1 Å². The Morgan fingerprint density at radius 2 is 2.14 bits per heavy atom. The van der Waals surface area contributed by atoms with E-state index in [4.69, 9.17) is 4.74 Å². The fourth-order valence-electron chi connectivity index (χ4n) is 2.54. The number of aryl methyl sites for hydroxylation is 1. The minimum atomic E-state index is 0.501. The van der Waals surface area contributed by atoms with Gasteiger partial charge in [-0.3, -0.25) is 4.98 Å². The summed E-state index contributed by atoms with van der Waals surface area (Å²) < 4.78 is 5.82. The molecule has 110 valence electrons. The maximum absolute atomic E-state index is 5.82. The van der Waals surface area contributed by atoms with E-state index in [0.29, 0.717) is 6.04 Å². The summed E-state index contributed by atoms with van der Waals surface area (Å²) in [6.45, 7) is 4.04. The van der Waals surface area contributed by atoms with E-state index < -0.39 is 0 Å². The fraction of sp³-hybridized carbons (Fsp3) is 0.389. The average molecular weight is 282 g/mol. The largest absolute Gasteiger partial charge is 0.490 e. The molecular weight excluding hydrogens is 260 g/mol. The van der Waals surface area contributed by atoms with Crippen molar-refractivity contribution >= 4 is 0 Å². The standard InChI is InChI=1S/C18H22N2O/c1-2-4-14-5-3-6-15(9-14)16-10-18(12-19-11-16)21-13-17-7-8-20-17/h3,5-6,9-12,17,20H,2,4,7-8,13H2,1H3. The van der Waals surface area contributed by atoms with Crippen LogP contribution in [0.3, 0.4) is 0 Å². The van der Waals surface area contributed by atoms with Gasteiger partial charge in [-0.05, 0) is 36.6 Å². The summed E-state index contributed by atoms with van der Waals surface area (Å²) in [5.41, 5.74) is 3.70. The molecule has 1 aromatic heterocycles. The molecule has 1 saturated heterocycles. The molecule has 1 atom stereocenters. The number of nitrogens with zero attached hydrogens (tertiary/aromatic N) is 1. The van der Waals surface area contributed by atoms with Crippen molar-refractivity contribution in [1.29, 1.82) is 0 Å².